The maximum Gasteiger partial charge on any atom is 0.251 e. The predicted octanol–water partition coefficient (Wildman–Crippen LogP) is 3.83. The molecule has 1 fully saturated rings. The van der Waals surface area contributed by atoms with Crippen molar-refractivity contribution in [3.05, 3.63) is 52.5 Å². The second kappa shape index (κ2) is 8.93. The number of halogens is 1. The average molecular weight is 417 g/mol. The van der Waals surface area contributed by atoms with Gasteiger partial charge in [-0.3, -0.25) is 4.79 Å². The monoisotopic (exact) mass is 416 g/mol. The minimum Gasteiger partial charge on any atom is -0.489 e. The fourth-order valence-corrected chi connectivity index (χ4v) is 3.79. The van der Waals surface area contributed by atoms with Crippen LogP contribution in [0.2, 0.25) is 5.02 Å². The Morgan fingerprint density at radius 2 is 1.79 bits per heavy atom. The Morgan fingerprint density at radius 1 is 1.07 bits per heavy atom. The summed E-state index contributed by atoms with van der Waals surface area (Å²) >= 11 is 6.31. The van der Waals surface area contributed by atoms with Crippen molar-refractivity contribution in [2.75, 3.05) is 44.4 Å². The van der Waals surface area contributed by atoms with Crippen LogP contribution < -0.4 is 19.7 Å². The summed E-state index contributed by atoms with van der Waals surface area (Å²) in [7, 11) is 0. The number of nitrogens with zero attached hydrogens (tertiary/aromatic N) is 1. The normalized spacial score (nSPS) is 17.4. The van der Waals surface area contributed by atoms with Crippen LogP contribution in [0, 0.1) is 0 Å². The highest BCUT2D eigenvalue weighted by Gasteiger charge is 2.20. The summed E-state index contributed by atoms with van der Waals surface area (Å²) in [6, 6.07) is 11.5. The summed E-state index contributed by atoms with van der Waals surface area (Å²) in [6.45, 7) is 6.37. The summed E-state index contributed by atoms with van der Waals surface area (Å²) in [5.41, 5.74) is 2.66. The van der Waals surface area contributed by atoms with Gasteiger partial charge in [-0.1, -0.05) is 23.7 Å². The van der Waals surface area contributed by atoms with Crippen molar-refractivity contribution in [1.82, 2.24) is 5.32 Å². The third-order valence-corrected chi connectivity index (χ3v) is 5.46. The van der Waals surface area contributed by atoms with E-state index < -0.39 is 0 Å². The molecule has 1 amide bonds. The molecule has 29 heavy (non-hydrogen) atoms. The highest BCUT2D eigenvalue weighted by atomic mass is 35.5. The third-order valence-electron chi connectivity index (χ3n) is 5.18. The van der Waals surface area contributed by atoms with Crippen LogP contribution >= 0.6 is 11.6 Å². The van der Waals surface area contributed by atoms with E-state index >= 15 is 0 Å². The zero-order valence-corrected chi connectivity index (χ0v) is 17.2. The second-order valence-electron chi connectivity index (χ2n) is 7.22. The number of rotatable bonds is 4. The smallest absolute Gasteiger partial charge is 0.251 e. The SMILES string of the molecule is CC(NC(=O)c1cc(Cl)c2c(c1)OCCCO2)c1ccc(N2CCOCC2)cc1. The number of carbonyl (C=O) groups is 1. The molecule has 0 saturated carbocycles. The average Bonchev–Trinajstić information content (AvgIpc) is 3.00. The van der Waals surface area contributed by atoms with Gasteiger partial charge in [0, 0.05) is 30.8 Å². The van der Waals surface area contributed by atoms with Gasteiger partial charge in [0.15, 0.2) is 11.5 Å². The predicted molar refractivity (Wildman–Crippen MR) is 112 cm³/mol. The first-order chi connectivity index (χ1) is 14.1. The fraction of sp³-hybridized carbons (Fsp3) is 0.409. The number of anilines is 1. The zero-order chi connectivity index (χ0) is 20.2. The van der Waals surface area contributed by atoms with Gasteiger partial charge in [-0.15, -0.1) is 0 Å². The minimum absolute atomic E-state index is 0.143. The number of nitrogens with one attached hydrogen (secondary N) is 1. The van der Waals surface area contributed by atoms with E-state index in [2.05, 4.69) is 34.5 Å². The minimum atomic E-state index is -0.202. The van der Waals surface area contributed by atoms with Crippen molar-refractivity contribution in [2.45, 2.75) is 19.4 Å². The quantitative estimate of drug-likeness (QED) is 0.820. The number of ether oxygens (including phenoxy) is 3. The number of carbonyl (C=O) groups excluding carboxylic acids is 1. The van der Waals surface area contributed by atoms with Crippen LogP contribution in [0.1, 0.15) is 35.3 Å². The van der Waals surface area contributed by atoms with Crippen LogP contribution in [0.25, 0.3) is 0 Å². The Hall–Kier alpha value is -2.44. The first-order valence-electron chi connectivity index (χ1n) is 9.94. The Kier molecular flexibility index (Phi) is 6.11. The summed E-state index contributed by atoms with van der Waals surface area (Å²) in [6.07, 6.45) is 0.782. The van der Waals surface area contributed by atoms with Gasteiger partial charge >= 0.3 is 0 Å². The van der Waals surface area contributed by atoms with E-state index in [1.54, 1.807) is 12.1 Å². The van der Waals surface area contributed by atoms with Gasteiger partial charge in [0.25, 0.3) is 5.91 Å². The van der Waals surface area contributed by atoms with Crippen molar-refractivity contribution < 1.29 is 19.0 Å². The van der Waals surface area contributed by atoms with Gasteiger partial charge in [-0.25, -0.2) is 0 Å². The highest BCUT2D eigenvalue weighted by molar-refractivity contribution is 6.32. The molecule has 6 nitrogen and oxygen atoms in total. The largest absolute Gasteiger partial charge is 0.489 e. The van der Waals surface area contributed by atoms with E-state index in [0.717, 1.165) is 38.3 Å². The molecule has 2 heterocycles. The van der Waals surface area contributed by atoms with Crippen LogP contribution in [0.4, 0.5) is 5.69 Å². The molecular formula is C22H25ClN2O4. The van der Waals surface area contributed by atoms with E-state index in [1.807, 2.05) is 6.92 Å². The molecule has 0 radical (unpaired) electrons. The second-order valence-corrected chi connectivity index (χ2v) is 7.63. The van der Waals surface area contributed by atoms with Crippen LogP contribution in [-0.4, -0.2) is 45.4 Å². The number of benzene rings is 2. The lowest BCUT2D eigenvalue weighted by Crippen LogP contribution is -2.36. The van der Waals surface area contributed by atoms with Crippen molar-refractivity contribution in [2.24, 2.45) is 0 Å². The Bertz CT molecular complexity index is 866. The molecule has 1 N–H and O–H groups in total. The molecule has 1 atom stereocenters. The molecule has 154 valence electrons. The standard InChI is InChI=1S/C22H25ClN2O4/c1-15(16-3-5-18(6-4-16)25-7-11-27-12-8-25)24-22(26)17-13-19(23)21-20(14-17)28-9-2-10-29-21/h3-6,13-15H,2,7-12H2,1H3,(H,24,26). The van der Waals surface area contributed by atoms with E-state index in [1.165, 1.54) is 5.69 Å². The van der Waals surface area contributed by atoms with E-state index in [-0.39, 0.29) is 11.9 Å². The van der Waals surface area contributed by atoms with Gasteiger partial charge in [0.05, 0.1) is 37.5 Å². The van der Waals surface area contributed by atoms with E-state index in [4.69, 9.17) is 25.8 Å². The number of hydrogen-bond donors (Lipinski definition) is 1. The van der Waals surface area contributed by atoms with Gasteiger partial charge in [0.2, 0.25) is 0 Å². The van der Waals surface area contributed by atoms with Gasteiger partial charge < -0.3 is 24.4 Å². The summed E-state index contributed by atoms with van der Waals surface area (Å²) < 4.78 is 16.7. The molecule has 2 aromatic carbocycles. The first-order valence-corrected chi connectivity index (χ1v) is 10.3. The van der Waals surface area contributed by atoms with Crippen molar-refractivity contribution in [3.8, 4) is 11.5 Å². The van der Waals surface area contributed by atoms with Crippen molar-refractivity contribution in [1.29, 1.82) is 0 Å². The van der Waals surface area contributed by atoms with Crippen LogP contribution in [0.5, 0.6) is 11.5 Å². The topological polar surface area (TPSA) is 60.0 Å². The van der Waals surface area contributed by atoms with Gasteiger partial charge in [-0.2, -0.15) is 0 Å². The molecule has 2 aliphatic heterocycles. The molecule has 2 aliphatic rings. The fourth-order valence-electron chi connectivity index (χ4n) is 3.52. The number of hydrogen-bond acceptors (Lipinski definition) is 5. The molecule has 0 bridgehead atoms. The summed E-state index contributed by atoms with van der Waals surface area (Å²) in [5, 5.41) is 3.42. The lowest BCUT2D eigenvalue weighted by molar-refractivity contribution is 0.0939. The lowest BCUT2D eigenvalue weighted by Gasteiger charge is -2.29. The Balaban J connectivity index is 1.44. The van der Waals surface area contributed by atoms with Crippen LogP contribution in [0.15, 0.2) is 36.4 Å². The van der Waals surface area contributed by atoms with E-state index in [9.17, 15) is 4.79 Å². The molecule has 1 unspecified atom stereocenters. The molecule has 4 rings (SSSR count). The summed E-state index contributed by atoms with van der Waals surface area (Å²) in [5.74, 6) is 0.822. The molecular weight excluding hydrogens is 392 g/mol. The zero-order valence-electron chi connectivity index (χ0n) is 16.4. The molecule has 1 saturated heterocycles. The maximum atomic E-state index is 12.8. The molecule has 0 aliphatic carbocycles. The Labute approximate surface area is 175 Å². The first kappa shape index (κ1) is 19.9. The van der Waals surface area contributed by atoms with Gasteiger partial charge in [0.1, 0.15) is 0 Å². The van der Waals surface area contributed by atoms with Crippen molar-refractivity contribution in [3.63, 3.8) is 0 Å². The number of fused-ring (bicyclic) bond motifs is 1. The van der Waals surface area contributed by atoms with E-state index in [0.29, 0.717) is 35.3 Å². The maximum absolute atomic E-state index is 12.8. The Morgan fingerprint density at radius 3 is 2.55 bits per heavy atom. The van der Waals surface area contributed by atoms with Crippen molar-refractivity contribution >= 4 is 23.2 Å². The molecule has 0 aromatic heterocycles. The third kappa shape index (κ3) is 4.60. The molecule has 0 spiro atoms. The number of morpholine rings is 1. The molecule has 7 heteroatoms. The van der Waals surface area contributed by atoms with Crippen LogP contribution in [0.3, 0.4) is 0 Å². The van der Waals surface area contributed by atoms with Gasteiger partial charge in [-0.05, 0) is 36.8 Å². The number of amides is 1. The van der Waals surface area contributed by atoms with Crippen LogP contribution in [-0.2, 0) is 4.74 Å². The highest BCUT2D eigenvalue weighted by Crippen LogP contribution is 2.38. The summed E-state index contributed by atoms with van der Waals surface area (Å²) in [4.78, 5) is 15.1. The molecule has 2 aromatic rings. The lowest BCUT2D eigenvalue weighted by atomic mass is 10.1.